The van der Waals surface area contributed by atoms with Gasteiger partial charge < -0.3 is 10.2 Å². The number of amides is 2. The molecule has 2 amide bonds. The number of sulfonamides is 1. The fourth-order valence-electron chi connectivity index (χ4n) is 5.27. The lowest BCUT2D eigenvalue weighted by Crippen LogP contribution is -2.53. The van der Waals surface area contributed by atoms with Gasteiger partial charge >= 0.3 is 0 Å². The quantitative estimate of drug-likeness (QED) is 0.202. The molecule has 0 fully saturated rings. The van der Waals surface area contributed by atoms with Gasteiger partial charge in [0.05, 0.1) is 10.6 Å². The van der Waals surface area contributed by atoms with Gasteiger partial charge in [-0.3, -0.25) is 13.9 Å². The van der Waals surface area contributed by atoms with Crippen molar-refractivity contribution in [3.8, 4) is 0 Å². The Morgan fingerprint density at radius 1 is 0.750 bits per heavy atom. The van der Waals surface area contributed by atoms with E-state index >= 15 is 0 Å². The molecule has 0 spiro atoms. The minimum atomic E-state index is -4.13. The van der Waals surface area contributed by atoms with Gasteiger partial charge in [-0.15, -0.1) is 0 Å². The molecule has 230 valence electrons. The molecule has 4 aromatic rings. The van der Waals surface area contributed by atoms with Crippen molar-refractivity contribution in [2.24, 2.45) is 0 Å². The van der Waals surface area contributed by atoms with E-state index in [4.69, 9.17) is 0 Å². The van der Waals surface area contributed by atoms with Gasteiger partial charge in [-0.05, 0) is 73.7 Å². The van der Waals surface area contributed by atoms with Crippen LogP contribution in [0.15, 0.2) is 108 Å². The molecule has 4 aromatic carbocycles. The molecule has 0 heterocycles. The monoisotopic (exact) mass is 611 g/mol. The maximum Gasteiger partial charge on any atom is 0.264 e. The zero-order valence-corrected chi connectivity index (χ0v) is 26.7. The largest absolute Gasteiger partial charge is 0.354 e. The van der Waals surface area contributed by atoms with Crippen molar-refractivity contribution in [3.63, 3.8) is 0 Å². The summed E-state index contributed by atoms with van der Waals surface area (Å²) in [6.07, 6.45) is 1.02. The topological polar surface area (TPSA) is 86.8 Å². The van der Waals surface area contributed by atoms with Crippen LogP contribution in [0.4, 0.5) is 5.69 Å². The summed E-state index contributed by atoms with van der Waals surface area (Å²) in [7, 11) is -4.13. The van der Waals surface area contributed by atoms with E-state index in [1.165, 1.54) is 17.0 Å². The number of anilines is 1. The number of hydrogen-bond acceptors (Lipinski definition) is 4. The van der Waals surface area contributed by atoms with E-state index in [-0.39, 0.29) is 23.8 Å². The maximum absolute atomic E-state index is 14.5. The first-order valence-corrected chi connectivity index (χ1v) is 16.3. The average molecular weight is 612 g/mol. The van der Waals surface area contributed by atoms with Gasteiger partial charge in [-0.2, -0.15) is 0 Å². The first-order chi connectivity index (χ1) is 21.1. The van der Waals surface area contributed by atoms with Crippen molar-refractivity contribution >= 4 is 27.5 Å². The summed E-state index contributed by atoms with van der Waals surface area (Å²) in [5, 5.41) is 2.98. The zero-order chi connectivity index (χ0) is 31.7. The molecule has 7 nitrogen and oxygen atoms in total. The fourth-order valence-corrected chi connectivity index (χ4v) is 6.69. The number of nitrogens with one attached hydrogen (secondary N) is 1. The highest BCUT2D eigenvalue weighted by atomic mass is 32.2. The Bertz CT molecular complexity index is 1650. The molecule has 0 radical (unpaired) electrons. The third kappa shape index (κ3) is 8.35. The van der Waals surface area contributed by atoms with Crippen molar-refractivity contribution in [3.05, 3.63) is 131 Å². The predicted molar refractivity (Wildman–Crippen MR) is 176 cm³/mol. The highest BCUT2D eigenvalue weighted by Gasteiger charge is 2.34. The molecule has 0 aliphatic rings. The molecule has 8 heteroatoms. The third-order valence-corrected chi connectivity index (χ3v) is 9.15. The van der Waals surface area contributed by atoms with Gasteiger partial charge in [0.15, 0.2) is 0 Å². The van der Waals surface area contributed by atoms with Crippen LogP contribution in [-0.2, 0) is 32.6 Å². The summed E-state index contributed by atoms with van der Waals surface area (Å²) >= 11 is 0. The van der Waals surface area contributed by atoms with Gasteiger partial charge in [0, 0.05) is 19.5 Å². The van der Waals surface area contributed by atoms with Crippen LogP contribution in [0.5, 0.6) is 0 Å². The highest BCUT2D eigenvalue weighted by molar-refractivity contribution is 7.92. The van der Waals surface area contributed by atoms with Crippen LogP contribution in [0.2, 0.25) is 0 Å². The molecule has 0 unspecified atom stereocenters. The molecule has 1 atom stereocenters. The second kappa shape index (κ2) is 14.8. The van der Waals surface area contributed by atoms with E-state index in [9.17, 15) is 18.0 Å². The van der Waals surface area contributed by atoms with Crippen LogP contribution < -0.4 is 9.62 Å². The zero-order valence-electron chi connectivity index (χ0n) is 25.9. The Morgan fingerprint density at radius 3 is 1.98 bits per heavy atom. The highest BCUT2D eigenvalue weighted by Crippen LogP contribution is 2.27. The molecular weight excluding hydrogens is 570 g/mol. The van der Waals surface area contributed by atoms with Crippen LogP contribution in [-0.4, -0.2) is 44.3 Å². The molecule has 0 saturated heterocycles. The molecule has 0 aliphatic carbocycles. The van der Waals surface area contributed by atoms with Crippen molar-refractivity contribution in [2.45, 2.75) is 58.0 Å². The van der Waals surface area contributed by atoms with Crippen molar-refractivity contribution in [1.82, 2.24) is 10.2 Å². The van der Waals surface area contributed by atoms with Crippen molar-refractivity contribution < 1.29 is 18.0 Å². The van der Waals surface area contributed by atoms with E-state index in [1.807, 2.05) is 88.4 Å². The van der Waals surface area contributed by atoms with Crippen LogP contribution in [0.1, 0.15) is 41.2 Å². The Hall–Kier alpha value is -4.43. The van der Waals surface area contributed by atoms with Gasteiger partial charge in [0.1, 0.15) is 12.6 Å². The SMILES string of the molecule is CCCNC(=O)[C@H](Cc1ccccc1)N(Cc1cccc(C)c1)C(=O)CN(c1cc(C)cc(C)c1)S(=O)(=O)c1ccccc1. The van der Waals surface area contributed by atoms with E-state index in [1.54, 1.807) is 30.3 Å². The van der Waals surface area contributed by atoms with E-state index in [2.05, 4.69) is 5.32 Å². The van der Waals surface area contributed by atoms with E-state index in [0.717, 1.165) is 38.5 Å². The van der Waals surface area contributed by atoms with Gasteiger partial charge in [0.25, 0.3) is 10.0 Å². The van der Waals surface area contributed by atoms with Crippen LogP contribution in [0.25, 0.3) is 0 Å². The van der Waals surface area contributed by atoms with Gasteiger partial charge in [0.2, 0.25) is 11.8 Å². The van der Waals surface area contributed by atoms with Crippen LogP contribution >= 0.6 is 0 Å². The normalized spacial score (nSPS) is 11.9. The standard InChI is InChI=1S/C36H41N3O4S/c1-5-19-37-36(41)34(24-30-14-8-6-9-15-30)38(25-31-16-12-13-27(2)21-31)35(40)26-39(32-22-28(3)20-29(4)23-32)44(42,43)33-17-10-7-11-18-33/h6-18,20-23,34H,5,19,24-26H2,1-4H3,(H,37,41)/t34-/m0/s1. The smallest absolute Gasteiger partial charge is 0.264 e. The summed E-state index contributed by atoms with van der Waals surface area (Å²) in [5.41, 5.74) is 4.91. The second-order valence-electron chi connectivity index (χ2n) is 11.2. The molecule has 0 saturated carbocycles. The molecular formula is C36H41N3O4S. The van der Waals surface area contributed by atoms with Crippen LogP contribution in [0.3, 0.4) is 0 Å². The molecule has 1 N–H and O–H groups in total. The number of carbonyl (C=O) groups excluding carboxylic acids is 2. The molecule has 4 rings (SSSR count). The summed E-state index contributed by atoms with van der Waals surface area (Å²) in [6.45, 7) is 7.86. The maximum atomic E-state index is 14.5. The van der Waals surface area contributed by atoms with Gasteiger partial charge in [-0.1, -0.05) is 91.3 Å². The first-order valence-electron chi connectivity index (χ1n) is 14.9. The second-order valence-corrected chi connectivity index (χ2v) is 13.0. The fraction of sp³-hybridized carbons (Fsp3) is 0.278. The third-order valence-electron chi connectivity index (χ3n) is 7.36. The number of hydrogen-bond donors (Lipinski definition) is 1. The number of nitrogens with zero attached hydrogens (tertiary/aromatic N) is 2. The summed E-state index contributed by atoms with van der Waals surface area (Å²) in [5.74, 6) is -0.752. The lowest BCUT2D eigenvalue weighted by atomic mass is 10.0. The number of rotatable bonds is 13. The molecule has 44 heavy (non-hydrogen) atoms. The lowest BCUT2D eigenvalue weighted by Gasteiger charge is -2.34. The van der Waals surface area contributed by atoms with Gasteiger partial charge in [-0.25, -0.2) is 8.42 Å². The van der Waals surface area contributed by atoms with Crippen molar-refractivity contribution in [2.75, 3.05) is 17.4 Å². The van der Waals surface area contributed by atoms with E-state index in [0.29, 0.717) is 12.2 Å². The molecule has 0 bridgehead atoms. The summed E-state index contributed by atoms with van der Waals surface area (Å²) < 4.78 is 29.4. The lowest BCUT2D eigenvalue weighted by molar-refractivity contribution is -0.140. The Morgan fingerprint density at radius 2 is 1.36 bits per heavy atom. The average Bonchev–Trinajstić information content (AvgIpc) is 3.00. The van der Waals surface area contributed by atoms with E-state index < -0.39 is 28.5 Å². The first kappa shape index (κ1) is 32.5. The summed E-state index contributed by atoms with van der Waals surface area (Å²) in [4.78, 5) is 29.9. The molecule has 0 aromatic heterocycles. The Kier molecular flexibility index (Phi) is 11.0. The summed E-state index contributed by atoms with van der Waals surface area (Å²) in [6, 6.07) is 30.1. The van der Waals surface area contributed by atoms with Crippen molar-refractivity contribution in [1.29, 1.82) is 0 Å². The minimum absolute atomic E-state index is 0.0821. The Labute approximate surface area is 261 Å². The predicted octanol–water partition coefficient (Wildman–Crippen LogP) is 5.97. The molecule has 0 aliphatic heterocycles. The Balaban J connectivity index is 1.81. The number of carbonyl (C=O) groups is 2. The minimum Gasteiger partial charge on any atom is -0.354 e. The van der Waals surface area contributed by atoms with Crippen LogP contribution in [0, 0.1) is 20.8 Å². The number of aryl methyl sites for hydroxylation is 3. The number of benzene rings is 4.